The Morgan fingerprint density at radius 1 is 1.17 bits per heavy atom. The predicted octanol–water partition coefficient (Wildman–Crippen LogP) is -2.98. The van der Waals surface area contributed by atoms with E-state index in [0.29, 0.717) is 0 Å². The van der Waals surface area contributed by atoms with Gasteiger partial charge in [-0.3, -0.25) is 0 Å². The lowest BCUT2D eigenvalue weighted by atomic mass is 10.0. The molecule has 8 N–H and O–H groups in total. The molecular formula is C10H15N7O5S2. The van der Waals surface area contributed by atoms with Crippen molar-refractivity contribution in [3.05, 3.63) is 17.7 Å². The summed E-state index contributed by atoms with van der Waals surface area (Å²) < 4.78 is 47.5. The highest BCUT2D eigenvalue weighted by molar-refractivity contribution is 7.92. The molecule has 2 aromatic rings. The van der Waals surface area contributed by atoms with Crippen LogP contribution in [0.2, 0.25) is 0 Å². The third kappa shape index (κ3) is 3.74. The molecule has 2 rings (SSSR count). The lowest BCUT2D eigenvalue weighted by Gasteiger charge is -2.16. The first kappa shape index (κ1) is 18.4. The molecule has 1 atom stereocenters. The maximum absolute atomic E-state index is 12.0. The molecule has 24 heavy (non-hydrogen) atoms. The van der Waals surface area contributed by atoms with Crippen molar-refractivity contribution >= 4 is 20.0 Å². The van der Waals surface area contributed by atoms with Crippen molar-refractivity contribution in [1.29, 1.82) is 0 Å². The molecule has 0 bridgehead atoms. The molecule has 0 spiro atoms. The van der Waals surface area contributed by atoms with E-state index in [1.807, 2.05) is 0 Å². The summed E-state index contributed by atoms with van der Waals surface area (Å²) in [6.07, 6.45) is 0.00773. The molecule has 0 aliphatic rings. The van der Waals surface area contributed by atoms with Gasteiger partial charge in [-0.25, -0.2) is 27.1 Å². The van der Waals surface area contributed by atoms with Crippen LogP contribution in [-0.4, -0.2) is 55.2 Å². The van der Waals surface area contributed by atoms with Gasteiger partial charge in [-0.2, -0.15) is 5.21 Å². The van der Waals surface area contributed by atoms with Crippen molar-refractivity contribution in [2.24, 2.45) is 16.0 Å². The minimum absolute atomic E-state index is 0.00773. The van der Waals surface area contributed by atoms with Gasteiger partial charge in [0.15, 0.2) is 0 Å². The van der Waals surface area contributed by atoms with Crippen LogP contribution in [0.25, 0.3) is 11.4 Å². The SMILES string of the molecule is N[C@H](CO)Cc1ccc(S(N)(=O)=O)c(S(N)(=O)=O)c1-c1nn[nH]n1. The molecule has 14 heteroatoms. The highest BCUT2D eigenvalue weighted by Crippen LogP contribution is 2.33. The van der Waals surface area contributed by atoms with Crippen LogP contribution in [0.3, 0.4) is 0 Å². The molecular weight excluding hydrogens is 362 g/mol. The monoisotopic (exact) mass is 377 g/mol. The van der Waals surface area contributed by atoms with Gasteiger partial charge in [-0.15, -0.1) is 10.2 Å². The number of tetrazole rings is 1. The van der Waals surface area contributed by atoms with Gasteiger partial charge >= 0.3 is 0 Å². The minimum Gasteiger partial charge on any atom is -0.395 e. The van der Waals surface area contributed by atoms with E-state index in [4.69, 9.17) is 21.1 Å². The Morgan fingerprint density at radius 2 is 1.83 bits per heavy atom. The first-order valence-electron chi connectivity index (χ1n) is 6.37. The van der Waals surface area contributed by atoms with Gasteiger partial charge in [0.2, 0.25) is 25.9 Å². The molecule has 1 heterocycles. The number of hydrogen-bond acceptors (Lipinski definition) is 9. The second kappa shape index (κ2) is 6.50. The van der Waals surface area contributed by atoms with Gasteiger partial charge in [0.1, 0.15) is 9.79 Å². The lowest BCUT2D eigenvalue weighted by Crippen LogP contribution is -2.28. The number of nitrogens with two attached hydrogens (primary N) is 3. The van der Waals surface area contributed by atoms with Gasteiger partial charge in [0, 0.05) is 11.6 Å². The Labute approximate surface area is 137 Å². The van der Waals surface area contributed by atoms with Crippen LogP contribution in [0, 0.1) is 0 Å². The number of aliphatic hydroxyl groups is 1. The summed E-state index contributed by atoms with van der Waals surface area (Å²) in [4.78, 5) is -1.46. The Kier molecular flexibility index (Phi) is 4.97. The van der Waals surface area contributed by atoms with Crippen LogP contribution in [0.4, 0.5) is 0 Å². The smallest absolute Gasteiger partial charge is 0.240 e. The fraction of sp³-hybridized carbons (Fsp3) is 0.300. The second-order valence-electron chi connectivity index (χ2n) is 4.90. The van der Waals surface area contributed by atoms with Crippen molar-refractivity contribution in [2.75, 3.05) is 6.61 Å². The number of aromatic amines is 1. The zero-order valence-electron chi connectivity index (χ0n) is 12.1. The van der Waals surface area contributed by atoms with Crippen molar-refractivity contribution in [3.63, 3.8) is 0 Å². The number of H-pyrrole nitrogens is 1. The third-order valence-electron chi connectivity index (χ3n) is 3.08. The van der Waals surface area contributed by atoms with Crippen LogP contribution in [0.1, 0.15) is 5.56 Å². The second-order valence-corrected chi connectivity index (χ2v) is 7.93. The fourth-order valence-corrected chi connectivity index (χ4v) is 4.31. The van der Waals surface area contributed by atoms with Crippen molar-refractivity contribution < 1.29 is 21.9 Å². The molecule has 0 amide bonds. The molecule has 0 radical (unpaired) electrons. The summed E-state index contributed by atoms with van der Waals surface area (Å²) in [6, 6.07) is 1.57. The highest BCUT2D eigenvalue weighted by Gasteiger charge is 2.30. The van der Waals surface area contributed by atoms with Gasteiger partial charge in [0.05, 0.1) is 6.61 Å². The first-order chi connectivity index (χ1) is 11.1. The molecule has 132 valence electrons. The molecule has 1 aromatic carbocycles. The van der Waals surface area contributed by atoms with Crippen LogP contribution in [0.15, 0.2) is 21.9 Å². The molecule has 0 aliphatic heterocycles. The minimum atomic E-state index is -4.52. The van der Waals surface area contributed by atoms with E-state index >= 15 is 0 Å². The van der Waals surface area contributed by atoms with Gasteiger partial charge in [0.25, 0.3) is 0 Å². The number of hydrogen-bond donors (Lipinski definition) is 5. The number of sulfonamides is 2. The number of aliphatic hydroxyl groups excluding tert-OH is 1. The molecule has 12 nitrogen and oxygen atoms in total. The number of nitrogens with zero attached hydrogens (tertiary/aromatic N) is 3. The molecule has 0 aliphatic carbocycles. The summed E-state index contributed by atoms with van der Waals surface area (Å²) in [7, 11) is -8.93. The summed E-state index contributed by atoms with van der Waals surface area (Å²) in [5.41, 5.74) is 5.74. The average Bonchev–Trinajstić information content (AvgIpc) is 2.98. The lowest BCUT2D eigenvalue weighted by molar-refractivity contribution is 0.265. The zero-order valence-corrected chi connectivity index (χ0v) is 13.7. The van der Waals surface area contributed by atoms with E-state index in [1.165, 1.54) is 6.07 Å². The van der Waals surface area contributed by atoms with E-state index in [1.54, 1.807) is 0 Å². The molecule has 0 saturated carbocycles. The van der Waals surface area contributed by atoms with E-state index in [0.717, 1.165) is 6.07 Å². The van der Waals surface area contributed by atoms with Crippen LogP contribution in [-0.2, 0) is 26.5 Å². The van der Waals surface area contributed by atoms with E-state index in [2.05, 4.69) is 20.6 Å². The summed E-state index contributed by atoms with van der Waals surface area (Å²) >= 11 is 0. The molecule has 0 saturated heterocycles. The topological polar surface area (TPSA) is 221 Å². The van der Waals surface area contributed by atoms with Crippen molar-refractivity contribution in [1.82, 2.24) is 20.6 Å². The predicted molar refractivity (Wildman–Crippen MR) is 81.1 cm³/mol. The number of primary sulfonamides is 2. The summed E-state index contributed by atoms with van der Waals surface area (Å²) in [6.45, 7) is -0.382. The molecule has 0 unspecified atom stereocenters. The number of rotatable bonds is 6. The van der Waals surface area contributed by atoms with Crippen molar-refractivity contribution in [2.45, 2.75) is 22.3 Å². The zero-order chi connectivity index (χ0) is 18.1. The van der Waals surface area contributed by atoms with E-state index in [9.17, 15) is 16.8 Å². The fourth-order valence-electron chi connectivity index (χ4n) is 2.14. The molecule has 1 aromatic heterocycles. The van der Waals surface area contributed by atoms with E-state index in [-0.39, 0.29) is 30.0 Å². The highest BCUT2D eigenvalue weighted by atomic mass is 32.2. The van der Waals surface area contributed by atoms with Crippen LogP contribution >= 0.6 is 0 Å². The van der Waals surface area contributed by atoms with Crippen molar-refractivity contribution in [3.8, 4) is 11.4 Å². The van der Waals surface area contributed by atoms with Gasteiger partial charge in [-0.05, 0) is 23.3 Å². The third-order valence-corrected chi connectivity index (χ3v) is 5.16. The number of aromatic nitrogens is 4. The largest absolute Gasteiger partial charge is 0.395 e. The number of nitrogens with one attached hydrogen (secondary N) is 1. The quantitative estimate of drug-likeness (QED) is 0.346. The molecule has 0 fully saturated rings. The summed E-state index contributed by atoms with van der Waals surface area (Å²) in [5.74, 6) is -0.204. The maximum atomic E-state index is 12.0. The van der Waals surface area contributed by atoms with E-state index < -0.39 is 35.9 Å². The Hall–Kier alpha value is -1.97. The number of benzene rings is 1. The Bertz CT molecular complexity index is 940. The Morgan fingerprint density at radius 3 is 2.29 bits per heavy atom. The summed E-state index contributed by atoms with van der Waals surface area (Å²) in [5, 5.41) is 32.1. The average molecular weight is 377 g/mol. The normalized spacial score (nSPS) is 13.8. The maximum Gasteiger partial charge on any atom is 0.240 e. The van der Waals surface area contributed by atoms with Crippen LogP contribution in [0.5, 0.6) is 0 Å². The Balaban J connectivity index is 2.92. The first-order valence-corrected chi connectivity index (χ1v) is 9.46. The van der Waals surface area contributed by atoms with Gasteiger partial charge in [-0.1, -0.05) is 6.07 Å². The standard InChI is InChI=1S/C10H15N7O5S2/c11-6(4-18)3-5-1-2-7(23(12,19)20)9(24(13,21)22)8(5)10-14-16-17-15-10/h1-2,6,18H,3-4,11H2,(H2,12,19,20)(H2,13,21,22)(H,14,15,16,17)/t6-/m0/s1. The van der Waals surface area contributed by atoms with Gasteiger partial charge < -0.3 is 10.8 Å². The van der Waals surface area contributed by atoms with Crippen LogP contribution < -0.4 is 16.0 Å².